The first-order chi connectivity index (χ1) is 8.41. The van der Waals surface area contributed by atoms with Gasteiger partial charge in [-0.3, -0.25) is 0 Å². The minimum absolute atomic E-state index is 0.0258. The molecule has 2 nitrogen and oxygen atoms in total. The van der Waals surface area contributed by atoms with Crippen molar-refractivity contribution in [3.05, 3.63) is 29.8 Å². The fourth-order valence-electron chi connectivity index (χ4n) is 2.84. The average Bonchev–Trinajstić information content (AvgIpc) is 2.29. The molecule has 0 amide bonds. The van der Waals surface area contributed by atoms with Gasteiger partial charge in [-0.15, -0.1) is 0 Å². The molecular formula is C15H22O2S. The molecule has 0 bridgehead atoms. The second kappa shape index (κ2) is 5.04. The predicted molar refractivity (Wildman–Crippen MR) is 74.4 cm³/mol. The van der Waals surface area contributed by atoms with Crippen molar-refractivity contribution in [1.82, 2.24) is 0 Å². The molecule has 0 aliphatic heterocycles. The van der Waals surface area contributed by atoms with Gasteiger partial charge in [-0.25, -0.2) is 8.42 Å². The molecule has 0 aromatic heterocycles. The lowest BCUT2D eigenvalue weighted by atomic mass is 9.77. The van der Waals surface area contributed by atoms with Gasteiger partial charge >= 0.3 is 0 Å². The second-order valence-corrected chi connectivity index (χ2v) is 7.93. The molecule has 100 valence electrons. The van der Waals surface area contributed by atoms with Gasteiger partial charge in [-0.1, -0.05) is 43.9 Å². The van der Waals surface area contributed by atoms with Crippen LogP contribution in [0, 0.1) is 12.3 Å². The van der Waals surface area contributed by atoms with Gasteiger partial charge in [0, 0.05) is 0 Å². The van der Waals surface area contributed by atoms with Crippen LogP contribution < -0.4 is 0 Å². The number of hydrogen-bond donors (Lipinski definition) is 0. The van der Waals surface area contributed by atoms with Crippen LogP contribution in [0.5, 0.6) is 0 Å². The molecule has 1 fully saturated rings. The lowest BCUT2D eigenvalue weighted by Gasteiger charge is -2.33. The van der Waals surface area contributed by atoms with E-state index in [1.807, 2.05) is 19.1 Å². The summed E-state index contributed by atoms with van der Waals surface area (Å²) in [5.74, 6) is 0.295. The van der Waals surface area contributed by atoms with Crippen LogP contribution in [-0.4, -0.2) is 14.2 Å². The van der Waals surface area contributed by atoms with Gasteiger partial charge in [-0.2, -0.15) is 0 Å². The minimum Gasteiger partial charge on any atom is -0.224 e. The molecule has 0 atom stereocenters. The Bertz CT molecular complexity index is 494. The van der Waals surface area contributed by atoms with E-state index in [0.29, 0.717) is 10.6 Å². The van der Waals surface area contributed by atoms with E-state index in [1.54, 1.807) is 12.1 Å². The lowest BCUT2D eigenvalue weighted by Crippen LogP contribution is -2.29. The lowest BCUT2D eigenvalue weighted by molar-refractivity contribution is 0.247. The highest BCUT2D eigenvalue weighted by atomic mass is 32.2. The van der Waals surface area contributed by atoms with E-state index in [-0.39, 0.29) is 5.41 Å². The normalized spacial score (nSPS) is 19.7. The van der Waals surface area contributed by atoms with Crippen LogP contribution in [0.15, 0.2) is 29.2 Å². The van der Waals surface area contributed by atoms with Crippen molar-refractivity contribution >= 4 is 9.84 Å². The number of aryl methyl sites for hydroxylation is 1. The number of hydrogen-bond acceptors (Lipinski definition) is 2. The van der Waals surface area contributed by atoms with Crippen LogP contribution in [-0.2, 0) is 9.84 Å². The van der Waals surface area contributed by atoms with Crippen LogP contribution in [0.3, 0.4) is 0 Å². The summed E-state index contributed by atoms with van der Waals surface area (Å²) in [6.07, 6.45) is 5.66. The van der Waals surface area contributed by atoms with E-state index < -0.39 is 9.84 Å². The summed E-state index contributed by atoms with van der Waals surface area (Å²) < 4.78 is 24.8. The molecule has 1 aromatic rings. The van der Waals surface area contributed by atoms with Crippen molar-refractivity contribution in [1.29, 1.82) is 0 Å². The highest BCUT2D eigenvalue weighted by Gasteiger charge is 2.32. The van der Waals surface area contributed by atoms with Crippen molar-refractivity contribution in [2.75, 3.05) is 5.75 Å². The zero-order valence-electron chi connectivity index (χ0n) is 11.3. The minimum atomic E-state index is -3.14. The van der Waals surface area contributed by atoms with Gasteiger partial charge in [0.05, 0.1) is 10.6 Å². The van der Waals surface area contributed by atoms with Gasteiger partial charge in [0.15, 0.2) is 9.84 Å². The van der Waals surface area contributed by atoms with Crippen LogP contribution in [0.4, 0.5) is 0 Å². The Morgan fingerprint density at radius 2 is 1.61 bits per heavy atom. The Morgan fingerprint density at radius 1 is 1.06 bits per heavy atom. The highest BCUT2D eigenvalue weighted by molar-refractivity contribution is 7.91. The van der Waals surface area contributed by atoms with E-state index in [2.05, 4.69) is 6.92 Å². The molecule has 2 rings (SSSR count). The van der Waals surface area contributed by atoms with E-state index in [9.17, 15) is 8.42 Å². The van der Waals surface area contributed by atoms with Gasteiger partial charge in [-0.05, 0) is 37.3 Å². The molecule has 0 N–H and O–H groups in total. The Kier molecular flexibility index (Phi) is 3.81. The Morgan fingerprint density at radius 3 is 2.17 bits per heavy atom. The molecule has 1 aromatic carbocycles. The Balaban J connectivity index is 2.18. The molecule has 0 unspecified atom stereocenters. The van der Waals surface area contributed by atoms with Crippen molar-refractivity contribution in [3.8, 4) is 0 Å². The fraction of sp³-hybridized carbons (Fsp3) is 0.600. The standard InChI is InChI=1S/C15H22O2S/c1-13-6-8-14(9-7-13)18(16,17)12-15(2)10-4-3-5-11-15/h6-9H,3-5,10-12H2,1-2H3. The second-order valence-electron chi connectivity index (χ2n) is 5.94. The first kappa shape index (κ1) is 13.6. The third kappa shape index (κ3) is 3.14. The molecule has 1 saturated carbocycles. The summed E-state index contributed by atoms with van der Waals surface area (Å²) in [7, 11) is -3.14. The van der Waals surface area contributed by atoms with Crippen LogP contribution >= 0.6 is 0 Å². The molecule has 0 spiro atoms. The van der Waals surface area contributed by atoms with E-state index in [4.69, 9.17) is 0 Å². The maximum Gasteiger partial charge on any atom is 0.178 e. The molecule has 18 heavy (non-hydrogen) atoms. The van der Waals surface area contributed by atoms with Crippen molar-refractivity contribution in [2.45, 2.75) is 50.8 Å². The zero-order chi connectivity index (χ0) is 13.2. The van der Waals surface area contributed by atoms with Gasteiger partial charge in [0.25, 0.3) is 0 Å². The summed E-state index contributed by atoms with van der Waals surface area (Å²) in [4.78, 5) is 0.472. The summed E-state index contributed by atoms with van der Waals surface area (Å²) in [6, 6.07) is 7.21. The van der Waals surface area contributed by atoms with Crippen molar-refractivity contribution < 1.29 is 8.42 Å². The quantitative estimate of drug-likeness (QED) is 0.835. The average molecular weight is 266 g/mol. The van der Waals surface area contributed by atoms with Gasteiger partial charge < -0.3 is 0 Å². The fourth-order valence-corrected chi connectivity index (χ4v) is 4.76. The molecule has 0 heterocycles. The molecular weight excluding hydrogens is 244 g/mol. The zero-order valence-corrected chi connectivity index (χ0v) is 12.1. The molecule has 3 heteroatoms. The van der Waals surface area contributed by atoms with Crippen LogP contribution in [0.25, 0.3) is 0 Å². The first-order valence-corrected chi connectivity index (χ1v) is 8.36. The smallest absolute Gasteiger partial charge is 0.178 e. The number of sulfone groups is 1. The topological polar surface area (TPSA) is 34.1 Å². The van der Waals surface area contributed by atoms with E-state index >= 15 is 0 Å². The van der Waals surface area contributed by atoms with Gasteiger partial charge in [0.2, 0.25) is 0 Å². The summed E-state index contributed by atoms with van der Waals surface area (Å²) >= 11 is 0. The van der Waals surface area contributed by atoms with Crippen molar-refractivity contribution in [3.63, 3.8) is 0 Å². The van der Waals surface area contributed by atoms with Crippen LogP contribution in [0.1, 0.15) is 44.6 Å². The molecule has 1 aliphatic rings. The summed E-state index contributed by atoms with van der Waals surface area (Å²) in [6.45, 7) is 4.09. The van der Waals surface area contributed by atoms with Gasteiger partial charge in [0.1, 0.15) is 0 Å². The van der Waals surface area contributed by atoms with E-state index in [1.165, 1.54) is 19.3 Å². The highest BCUT2D eigenvalue weighted by Crippen LogP contribution is 2.38. The third-order valence-corrected chi connectivity index (χ3v) is 6.05. The SMILES string of the molecule is Cc1ccc(S(=O)(=O)CC2(C)CCCCC2)cc1. The Hall–Kier alpha value is -0.830. The number of rotatable bonds is 3. The summed E-state index contributed by atoms with van der Waals surface area (Å²) in [5, 5.41) is 0. The molecule has 1 aliphatic carbocycles. The largest absolute Gasteiger partial charge is 0.224 e. The van der Waals surface area contributed by atoms with Crippen molar-refractivity contribution in [2.24, 2.45) is 5.41 Å². The maximum atomic E-state index is 12.4. The monoisotopic (exact) mass is 266 g/mol. The predicted octanol–water partition coefficient (Wildman–Crippen LogP) is 3.74. The first-order valence-electron chi connectivity index (χ1n) is 6.71. The maximum absolute atomic E-state index is 12.4. The van der Waals surface area contributed by atoms with Crippen LogP contribution in [0.2, 0.25) is 0 Å². The van der Waals surface area contributed by atoms with E-state index in [0.717, 1.165) is 18.4 Å². The molecule has 0 saturated heterocycles. The summed E-state index contributed by atoms with van der Waals surface area (Å²) in [5.41, 5.74) is 1.07. The number of benzene rings is 1. The molecule has 0 radical (unpaired) electrons. The third-order valence-electron chi connectivity index (χ3n) is 3.98. The Labute approximate surface area is 110 Å².